The number of rotatable bonds is 9. The Hall–Kier alpha value is -3.34. The van der Waals surface area contributed by atoms with Crippen molar-refractivity contribution in [3.05, 3.63) is 64.3 Å². The second-order valence-corrected chi connectivity index (χ2v) is 9.61. The predicted molar refractivity (Wildman–Crippen MR) is 144 cm³/mol. The number of fused-ring (bicyclic) bond motifs is 1. The van der Waals surface area contributed by atoms with Gasteiger partial charge in [-0.1, -0.05) is 24.1 Å². The highest BCUT2D eigenvalue weighted by molar-refractivity contribution is 6.32. The molecule has 0 saturated carbocycles. The van der Waals surface area contributed by atoms with Gasteiger partial charge in [-0.2, -0.15) is 5.26 Å². The van der Waals surface area contributed by atoms with Gasteiger partial charge in [0, 0.05) is 37.3 Å². The average Bonchev–Trinajstić information content (AvgIpc) is 2.90. The van der Waals surface area contributed by atoms with Crippen molar-refractivity contribution in [3.8, 4) is 11.8 Å². The van der Waals surface area contributed by atoms with Gasteiger partial charge in [-0.15, -0.1) is 0 Å². The topological polar surface area (TPSA) is 90.3 Å². The van der Waals surface area contributed by atoms with E-state index in [4.69, 9.17) is 16.3 Å². The van der Waals surface area contributed by atoms with Gasteiger partial charge < -0.3 is 20.3 Å². The van der Waals surface area contributed by atoms with Crippen molar-refractivity contribution >= 4 is 34.1 Å². The number of amides is 1. The van der Waals surface area contributed by atoms with E-state index in [9.17, 15) is 10.1 Å². The van der Waals surface area contributed by atoms with Crippen LogP contribution >= 0.6 is 11.6 Å². The first kappa shape index (κ1) is 25.7. The summed E-state index contributed by atoms with van der Waals surface area (Å²) in [5, 5.41) is 17.1. The minimum atomic E-state index is -0.186. The zero-order valence-corrected chi connectivity index (χ0v) is 21.6. The van der Waals surface area contributed by atoms with Gasteiger partial charge in [0.05, 0.1) is 40.5 Å². The van der Waals surface area contributed by atoms with Crippen molar-refractivity contribution in [3.63, 3.8) is 0 Å². The van der Waals surface area contributed by atoms with E-state index in [1.165, 1.54) is 19.3 Å². The molecule has 0 spiro atoms. The fourth-order valence-electron chi connectivity index (χ4n) is 4.70. The number of ether oxygens (including phenoxy) is 1. The van der Waals surface area contributed by atoms with Gasteiger partial charge >= 0.3 is 0 Å². The summed E-state index contributed by atoms with van der Waals surface area (Å²) in [6.07, 6.45) is 6.28. The summed E-state index contributed by atoms with van der Waals surface area (Å²) >= 11 is 6.30. The number of aromatic nitrogens is 1. The molecule has 1 aliphatic rings. The van der Waals surface area contributed by atoms with Crippen molar-refractivity contribution in [1.82, 2.24) is 15.2 Å². The maximum atomic E-state index is 13.2. The summed E-state index contributed by atoms with van der Waals surface area (Å²) in [5.74, 6) is 0.418. The predicted octanol–water partition coefficient (Wildman–Crippen LogP) is 5.37. The molecule has 188 valence electrons. The Labute approximate surface area is 217 Å². The number of carbonyl (C=O) groups excluding carboxylic acids is 1. The van der Waals surface area contributed by atoms with Crippen LogP contribution in [0.5, 0.6) is 5.75 Å². The highest BCUT2D eigenvalue weighted by Crippen LogP contribution is 2.29. The number of nitrogens with one attached hydrogen (secondary N) is 2. The minimum Gasteiger partial charge on any atom is -0.495 e. The van der Waals surface area contributed by atoms with Crippen LogP contribution in [-0.2, 0) is 6.54 Å². The quantitative estimate of drug-likeness (QED) is 0.380. The Morgan fingerprint density at radius 1 is 1.28 bits per heavy atom. The van der Waals surface area contributed by atoms with Crippen molar-refractivity contribution in [2.45, 2.75) is 45.2 Å². The molecule has 3 aromatic rings. The maximum absolute atomic E-state index is 13.2. The number of nitrogens with zero attached hydrogens (tertiary/aromatic N) is 3. The second kappa shape index (κ2) is 12.1. The number of carbonyl (C=O) groups is 1. The van der Waals surface area contributed by atoms with E-state index in [1.54, 1.807) is 31.5 Å². The zero-order valence-electron chi connectivity index (χ0n) is 20.8. The van der Waals surface area contributed by atoms with Crippen LogP contribution in [0.25, 0.3) is 10.9 Å². The number of anilines is 1. The van der Waals surface area contributed by atoms with Crippen molar-refractivity contribution < 1.29 is 9.53 Å². The normalized spacial score (nSPS) is 15.9. The monoisotopic (exact) mass is 505 g/mol. The number of halogens is 1. The summed E-state index contributed by atoms with van der Waals surface area (Å²) in [6, 6.07) is 13.6. The molecular formula is C28H32ClN5O2. The number of hydrogen-bond acceptors (Lipinski definition) is 6. The molecule has 36 heavy (non-hydrogen) atoms. The fraction of sp³-hybridized carbons (Fsp3) is 0.393. The lowest BCUT2D eigenvalue weighted by atomic mass is 10.0. The lowest BCUT2D eigenvalue weighted by Crippen LogP contribution is -2.39. The summed E-state index contributed by atoms with van der Waals surface area (Å²) in [7, 11) is 1.58. The van der Waals surface area contributed by atoms with Crippen LogP contribution < -0.4 is 15.4 Å². The average molecular weight is 506 g/mol. The van der Waals surface area contributed by atoms with Crippen LogP contribution in [0.15, 0.2) is 42.6 Å². The molecule has 0 aliphatic carbocycles. The Kier molecular flexibility index (Phi) is 8.63. The minimum absolute atomic E-state index is 0.186. The maximum Gasteiger partial charge on any atom is 0.254 e. The van der Waals surface area contributed by atoms with E-state index in [1.807, 2.05) is 18.2 Å². The van der Waals surface area contributed by atoms with Gasteiger partial charge in [0.25, 0.3) is 5.91 Å². The smallest absolute Gasteiger partial charge is 0.254 e. The van der Waals surface area contributed by atoms with E-state index in [-0.39, 0.29) is 5.91 Å². The molecule has 7 nitrogen and oxygen atoms in total. The number of nitriles is 1. The van der Waals surface area contributed by atoms with Crippen molar-refractivity contribution in [2.75, 3.05) is 32.1 Å². The number of hydrogen-bond donors (Lipinski definition) is 2. The van der Waals surface area contributed by atoms with Gasteiger partial charge in [0.2, 0.25) is 0 Å². The van der Waals surface area contributed by atoms with Gasteiger partial charge in [-0.3, -0.25) is 9.78 Å². The first-order valence-electron chi connectivity index (χ1n) is 12.4. The molecule has 8 heteroatoms. The largest absolute Gasteiger partial charge is 0.495 e. The summed E-state index contributed by atoms with van der Waals surface area (Å²) in [4.78, 5) is 20.2. The molecule has 1 saturated heterocycles. The van der Waals surface area contributed by atoms with Gasteiger partial charge in [-0.25, -0.2) is 0 Å². The van der Waals surface area contributed by atoms with E-state index in [2.05, 4.69) is 33.5 Å². The lowest BCUT2D eigenvalue weighted by molar-refractivity contribution is 0.0949. The second-order valence-electron chi connectivity index (χ2n) is 9.20. The van der Waals surface area contributed by atoms with Crippen molar-refractivity contribution in [1.29, 1.82) is 5.26 Å². The first-order chi connectivity index (χ1) is 17.5. The molecule has 1 atom stereocenters. The number of pyridine rings is 1. The van der Waals surface area contributed by atoms with E-state index in [0.717, 1.165) is 30.5 Å². The number of methoxy groups -OCH3 is 1. The molecule has 1 aliphatic heterocycles. The van der Waals surface area contributed by atoms with Gasteiger partial charge in [0.1, 0.15) is 5.75 Å². The highest BCUT2D eigenvalue weighted by atomic mass is 35.5. The molecule has 1 unspecified atom stereocenters. The highest BCUT2D eigenvalue weighted by Gasteiger charge is 2.19. The third kappa shape index (κ3) is 6.07. The number of likely N-dealkylation sites (tertiary alicyclic amines) is 1. The zero-order chi connectivity index (χ0) is 25.5. The molecule has 1 amide bonds. The summed E-state index contributed by atoms with van der Waals surface area (Å²) in [6.45, 7) is 5.42. The first-order valence-corrected chi connectivity index (χ1v) is 12.8. The van der Waals surface area contributed by atoms with Crippen LogP contribution in [0.3, 0.4) is 0 Å². The molecule has 2 N–H and O–H groups in total. The molecule has 1 aromatic heterocycles. The van der Waals surface area contributed by atoms with Crippen LogP contribution in [0.2, 0.25) is 5.02 Å². The summed E-state index contributed by atoms with van der Waals surface area (Å²) < 4.78 is 5.24. The lowest BCUT2D eigenvalue weighted by Gasteiger charge is -2.33. The molecule has 0 radical (unpaired) electrons. The molecule has 4 rings (SSSR count). The fourth-order valence-corrected chi connectivity index (χ4v) is 4.98. The summed E-state index contributed by atoms with van der Waals surface area (Å²) in [5.41, 5.74) is 3.24. The van der Waals surface area contributed by atoms with E-state index < -0.39 is 0 Å². The SMILES string of the molecule is COc1ccc(CNc2c(C(=O)NCCCN3CCCCC3C)cnc3ccc(C#N)cc23)cc1Cl. The standard InChI is InChI=1S/C28H32ClN5O2/c1-19-6-3-4-12-34(19)13-5-11-31-28(35)23-18-32-25-9-7-20(16-30)14-22(25)27(23)33-17-21-8-10-26(36-2)24(29)15-21/h7-10,14-15,18-19H,3-6,11-13,17H2,1-2H3,(H,31,35)(H,32,33). The molecule has 0 bridgehead atoms. The molecular weight excluding hydrogens is 474 g/mol. The third-order valence-electron chi connectivity index (χ3n) is 6.78. The van der Waals surface area contributed by atoms with Crippen LogP contribution in [0.4, 0.5) is 5.69 Å². The van der Waals surface area contributed by atoms with E-state index >= 15 is 0 Å². The Morgan fingerprint density at radius 2 is 2.14 bits per heavy atom. The van der Waals surface area contributed by atoms with Crippen molar-refractivity contribution in [2.24, 2.45) is 0 Å². The number of benzene rings is 2. The van der Waals surface area contributed by atoms with Crippen LogP contribution in [0, 0.1) is 11.3 Å². The number of piperidine rings is 1. The molecule has 2 aromatic carbocycles. The van der Waals surface area contributed by atoms with Gasteiger partial charge in [0.15, 0.2) is 0 Å². The van der Waals surface area contributed by atoms with E-state index in [0.29, 0.717) is 52.2 Å². The Balaban J connectivity index is 1.52. The Bertz CT molecular complexity index is 1270. The Morgan fingerprint density at radius 3 is 2.89 bits per heavy atom. The van der Waals surface area contributed by atoms with Crippen LogP contribution in [-0.4, -0.2) is 48.6 Å². The van der Waals surface area contributed by atoms with Crippen LogP contribution in [0.1, 0.15) is 54.1 Å². The molecule has 1 fully saturated rings. The van der Waals surface area contributed by atoms with Gasteiger partial charge in [-0.05, 0) is 68.6 Å². The third-order valence-corrected chi connectivity index (χ3v) is 7.07. The molecule has 2 heterocycles.